The van der Waals surface area contributed by atoms with Crippen LogP contribution in [0.25, 0.3) is 0 Å². The molecule has 9 N–H and O–H groups in total. The highest BCUT2D eigenvalue weighted by Gasteiger charge is 2.29. The van der Waals surface area contributed by atoms with Gasteiger partial charge in [-0.05, 0) is 37.8 Å². The van der Waals surface area contributed by atoms with Crippen LogP contribution in [0.5, 0.6) is 0 Å². The molecule has 12 nitrogen and oxygen atoms in total. The van der Waals surface area contributed by atoms with E-state index in [0.29, 0.717) is 24.9 Å². The molecule has 0 radical (unpaired) electrons. The predicted molar refractivity (Wildman–Crippen MR) is 122 cm³/mol. The fourth-order valence-corrected chi connectivity index (χ4v) is 3.14. The number of rotatable bonds is 16. The third-order valence-corrected chi connectivity index (χ3v) is 4.96. The van der Waals surface area contributed by atoms with E-state index < -0.39 is 60.8 Å². The number of carbonyl (C=O) groups is 5. The van der Waals surface area contributed by atoms with Gasteiger partial charge in [0.25, 0.3) is 0 Å². The fourth-order valence-electron chi connectivity index (χ4n) is 3.14. The summed E-state index contributed by atoms with van der Waals surface area (Å²) in [5.74, 6) is -4.56. The van der Waals surface area contributed by atoms with Crippen molar-refractivity contribution < 1.29 is 34.2 Å². The minimum atomic E-state index is -1.24. The molecule has 0 heterocycles. The quantitative estimate of drug-likeness (QED) is 0.140. The minimum Gasteiger partial charge on any atom is -0.481 e. The second kappa shape index (κ2) is 15.3. The van der Waals surface area contributed by atoms with Crippen LogP contribution in [-0.2, 0) is 30.4 Å². The maximum absolute atomic E-state index is 13.0. The first-order valence-corrected chi connectivity index (χ1v) is 11.0. The van der Waals surface area contributed by atoms with Crippen LogP contribution in [0.3, 0.4) is 0 Å². The topological polar surface area (TPSA) is 214 Å². The fraction of sp³-hybridized carbons (Fsp3) is 0.500. The maximum atomic E-state index is 13.0. The summed E-state index contributed by atoms with van der Waals surface area (Å²) in [6.07, 6.45) is 0.675. The lowest BCUT2D eigenvalue weighted by Gasteiger charge is -2.24. The van der Waals surface area contributed by atoms with E-state index in [4.69, 9.17) is 16.6 Å². The Balaban J connectivity index is 3.05. The van der Waals surface area contributed by atoms with Crippen LogP contribution in [0.1, 0.15) is 37.7 Å². The Labute approximate surface area is 197 Å². The molecule has 0 saturated heterocycles. The summed E-state index contributed by atoms with van der Waals surface area (Å²) in [6, 6.07) is 5.16. The van der Waals surface area contributed by atoms with Gasteiger partial charge < -0.3 is 37.6 Å². The Morgan fingerprint density at radius 3 is 1.97 bits per heavy atom. The van der Waals surface area contributed by atoms with Crippen LogP contribution in [0.2, 0.25) is 0 Å². The summed E-state index contributed by atoms with van der Waals surface area (Å²) in [5, 5.41) is 25.7. The summed E-state index contributed by atoms with van der Waals surface area (Å²) >= 11 is 0. The summed E-state index contributed by atoms with van der Waals surface area (Å²) in [7, 11) is 0. The van der Waals surface area contributed by atoms with Gasteiger partial charge in [-0.3, -0.25) is 19.2 Å². The molecule has 1 rings (SSSR count). The van der Waals surface area contributed by atoms with Crippen molar-refractivity contribution in [3.05, 3.63) is 35.9 Å². The van der Waals surface area contributed by atoms with Gasteiger partial charge in [-0.2, -0.15) is 0 Å². The van der Waals surface area contributed by atoms with Crippen molar-refractivity contribution in [3.63, 3.8) is 0 Å². The number of nitrogens with two attached hydrogens (primary N) is 2. The summed E-state index contributed by atoms with van der Waals surface area (Å²) in [4.78, 5) is 60.1. The number of carbonyl (C=O) groups excluding carboxylic acids is 3. The molecule has 34 heavy (non-hydrogen) atoms. The van der Waals surface area contributed by atoms with E-state index in [9.17, 15) is 29.1 Å². The van der Waals surface area contributed by atoms with Crippen LogP contribution in [-0.4, -0.2) is 71.1 Å². The molecule has 0 saturated carbocycles. The molecule has 188 valence electrons. The number of amides is 3. The molecule has 1 aromatic carbocycles. The van der Waals surface area contributed by atoms with E-state index in [1.54, 1.807) is 30.3 Å². The van der Waals surface area contributed by atoms with Gasteiger partial charge >= 0.3 is 11.9 Å². The highest BCUT2D eigenvalue weighted by molar-refractivity contribution is 5.94. The lowest BCUT2D eigenvalue weighted by Crippen LogP contribution is -2.56. The molecule has 0 aromatic heterocycles. The van der Waals surface area contributed by atoms with Gasteiger partial charge in [-0.1, -0.05) is 30.3 Å². The standard InChI is InChI=1S/C22H33N5O7/c23-11-5-4-8-16(22(33)34)26-21(32)17(12-14-6-2-1-3-7-14)27-20(31)15(9-10-19(29)30)25-18(28)13-24/h1-3,6-7,15-17H,4-5,8-13,23-24H2,(H,25,28)(H,26,32)(H,27,31)(H,29,30)(H,33,34). The zero-order valence-corrected chi connectivity index (χ0v) is 18.9. The molecule has 0 fully saturated rings. The van der Waals surface area contributed by atoms with Crippen molar-refractivity contribution in [2.45, 2.75) is 56.7 Å². The van der Waals surface area contributed by atoms with E-state index >= 15 is 0 Å². The Kier molecular flexibility index (Phi) is 12.9. The second-order valence-corrected chi connectivity index (χ2v) is 7.69. The number of hydrogen-bond donors (Lipinski definition) is 7. The average molecular weight is 480 g/mol. The average Bonchev–Trinajstić information content (AvgIpc) is 2.80. The van der Waals surface area contributed by atoms with Crippen molar-refractivity contribution in [1.82, 2.24) is 16.0 Å². The highest BCUT2D eigenvalue weighted by atomic mass is 16.4. The number of hydrogen-bond acceptors (Lipinski definition) is 7. The molecule has 0 aliphatic rings. The van der Waals surface area contributed by atoms with Crippen LogP contribution in [0, 0.1) is 0 Å². The minimum absolute atomic E-state index is 0.0457. The van der Waals surface area contributed by atoms with Gasteiger partial charge in [0.1, 0.15) is 18.1 Å². The zero-order chi connectivity index (χ0) is 25.5. The molecule has 0 aliphatic carbocycles. The normalized spacial score (nSPS) is 13.2. The van der Waals surface area contributed by atoms with Gasteiger partial charge in [0.05, 0.1) is 6.54 Å². The van der Waals surface area contributed by atoms with Gasteiger partial charge in [0, 0.05) is 12.8 Å². The van der Waals surface area contributed by atoms with Crippen molar-refractivity contribution in [2.24, 2.45) is 11.5 Å². The number of carboxylic acid groups (broad SMARTS) is 2. The number of benzene rings is 1. The lowest BCUT2D eigenvalue weighted by atomic mass is 10.0. The van der Waals surface area contributed by atoms with E-state index in [1.165, 1.54) is 0 Å². The van der Waals surface area contributed by atoms with Crippen molar-refractivity contribution in [3.8, 4) is 0 Å². The molecule has 0 aliphatic heterocycles. The number of unbranched alkanes of at least 4 members (excludes halogenated alkanes) is 1. The summed E-state index contributed by atoms with van der Waals surface area (Å²) in [5.41, 5.74) is 11.4. The first-order chi connectivity index (χ1) is 16.2. The van der Waals surface area contributed by atoms with E-state index in [2.05, 4.69) is 16.0 Å². The summed E-state index contributed by atoms with van der Waals surface area (Å²) in [6.45, 7) is -0.0207. The molecule has 12 heteroatoms. The Morgan fingerprint density at radius 2 is 1.41 bits per heavy atom. The molecule has 0 spiro atoms. The first-order valence-electron chi connectivity index (χ1n) is 11.0. The van der Waals surface area contributed by atoms with E-state index in [0.717, 1.165) is 0 Å². The third-order valence-electron chi connectivity index (χ3n) is 4.96. The van der Waals surface area contributed by atoms with E-state index in [1.807, 2.05) is 0 Å². The Morgan fingerprint density at radius 1 is 0.794 bits per heavy atom. The second-order valence-electron chi connectivity index (χ2n) is 7.69. The van der Waals surface area contributed by atoms with Gasteiger partial charge in [-0.15, -0.1) is 0 Å². The van der Waals surface area contributed by atoms with Crippen molar-refractivity contribution in [2.75, 3.05) is 13.1 Å². The molecule has 1 aromatic rings. The summed E-state index contributed by atoms with van der Waals surface area (Å²) < 4.78 is 0. The molecule has 3 atom stereocenters. The molecule has 3 amide bonds. The van der Waals surface area contributed by atoms with Crippen LogP contribution >= 0.6 is 0 Å². The van der Waals surface area contributed by atoms with Gasteiger partial charge in [-0.25, -0.2) is 4.79 Å². The number of nitrogens with one attached hydrogen (secondary N) is 3. The third kappa shape index (κ3) is 10.9. The van der Waals surface area contributed by atoms with Gasteiger partial charge in [0.2, 0.25) is 17.7 Å². The van der Waals surface area contributed by atoms with Gasteiger partial charge in [0.15, 0.2) is 0 Å². The molecule has 0 bridgehead atoms. The Bertz CT molecular complexity index is 834. The largest absolute Gasteiger partial charge is 0.481 e. The predicted octanol–water partition coefficient (Wildman–Crippen LogP) is -1.28. The van der Waals surface area contributed by atoms with Crippen molar-refractivity contribution >= 4 is 29.7 Å². The maximum Gasteiger partial charge on any atom is 0.326 e. The SMILES string of the molecule is NCCCCC(NC(=O)C(Cc1ccccc1)NC(=O)C(CCC(=O)O)NC(=O)CN)C(=O)O. The number of carboxylic acids is 2. The monoisotopic (exact) mass is 479 g/mol. The smallest absolute Gasteiger partial charge is 0.326 e. The zero-order valence-electron chi connectivity index (χ0n) is 18.9. The van der Waals surface area contributed by atoms with Crippen molar-refractivity contribution in [1.29, 1.82) is 0 Å². The Hall–Kier alpha value is -3.51. The first kappa shape index (κ1) is 28.5. The molecule has 3 unspecified atom stereocenters. The number of aliphatic carboxylic acids is 2. The van der Waals surface area contributed by atoms with E-state index in [-0.39, 0.29) is 19.3 Å². The molecular weight excluding hydrogens is 446 g/mol. The van der Waals surface area contributed by atoms with Crippen LogP contribution < -0.4 is 27.4 Å². The van der Waals surface area contributed by atoms with Crippen LogP contribution in [0.15, 0.2) is 30.3 Å². The van der Waals surface area contributed by atoms with Crippen LogP contribution in [0.4, 0.5) is 0 Å². The lowest BCUT2D eigenvalue weighted by molar-refractivity contribution is -0.142. The highest BCUT2D eigenvalue weighted by Crippen LogP contribution is 2.08. The molecular formula is C22H33N5O7.